The van der Waals surface area contributed by atoms with Crippen LogP contribution in [0.4, 0.5) is 26.0 Å². The molecule has 14 nitrogen and oxygen atoms in total. The lowest BCUT2D eigenvalue weighted by molar-refractivity contribution is -0.164. The van der Waals surface area contributed by atoms with Crippen LogP contribution in [-0.4, -0.2) is 106 Å². The van der Waals surface area contributed by atoms with E-state index in [4.69, 9.17) is 14.6 Å². The number of likely N-dealkylation sites (tertiary alicyclic amines) is 1. The smallest absolute Gasteiger partial charge is 0.264 e. The van der Waals surface area contributed by atoms with Crippen LogP contribution < -0.4 is 24.6 Å². The number of hydrogen-bond acceptors (Lipinski definition) is 10. The minimum Gasteiger partial charge on any atom is -0.495 e. The summed E-state index contributed by atoms with van der Waals surface area (Å²) in [7, 11) is 3.33. The van der Waals surface area contributed by atoms with E-state index in [2.05, 4.69) is 75.7 Å². The molecule has 368 valence electrons. The zero-order valence-corrected chi connectivity index (χ0v) is 41.3. The number of rotatable bonds is 11. The molecule has 0 radical (unpaired) electrons. The van der Waals surface area contributed by atoms with Gasteiger partial charge in [0.05, 0.1) is 31.5 Å². The molecular formula is C54H64F2N10O4. The summed E-state index contributed by atoms with van der Waals surface area (Å²) in [4.78, 5) is 35.5. The summed E-state index contributed by atoms with van der Waals surface area (Å²) in [5.41, 5.74) is 6.57. The Morgan fingerprint density at radius 1 is 0.929 bits per heavy atom. The number of aromatic nitrogens is 4. The van der Waals surface area contributed by atoms with Gasteiger partial charge >= 0.3 is 0 Å². The summed E-state index contributed by atoms with van der Waals surface area (Å²) in [5, 5.41) is 22.4. The maximum atomic E-state index is 14.8. The number of amides is 2. The predicted octanol–water partition coefficient (Wildman–Crippen LogP) is 8.62. The maximum absolute atomic E-state index is 14.8. The van der Waals surface area contributed by atoms with Crippen LogP contribution in [0.5, 0.6) is 11.5 Å². The second-order valence-electron chi connectivity index (χ2n) is 21.1. The van der Waals surface area contributed by atoms with Crippen molar-refractivity contribution in [1.29, 1.82) is 5.26 Å². The molecule has 3 aromatic carbocycles. The van der Waals surface area contributed by atoms with Crippen molar-refractivity contribution in [2.45, 2.75) is 110 Å². The zero-order valence-electron chi connectivity index (χ0n) is 41.3. The number of aryl methyl sites for hydroxylation is 2. The first-order valence-electron chi connectivity index (χ1n) is 24.8. The molecule has 5 aromatic rings. The normalized spacial score (nSPS) is 22.0. The highest BCUT2D eigenvalue weighted by Crippen LogP contribution is 2.56. The van der Waals surface area contributed by atoms with Crippen LogP contribution in [0.25, 0.3) is 11.1 Å². The van der Waals surface area contributed by atoms with Crippen molar-refractivity contribution < 1.29 is 27.8 Å². The Morgan fingerprint density at radius 3 is 2.34 bits per heavy atom. The van der Waals surface area contributed by atoms with Crippen LogP contribution in [0.3, 0.4) is 0 Å². The van der Waals surface area contributed by atoms with E-state index in [1.807, 2.05) is 23.1 Å². The van der Waals surface area contributed by atoms with E-state index in [0.29, 0.717) is 65.8 Å². The second-order valence-corrected chi connectivity index (χ2v) is 21.1. The van der Waals surface area contributed by atoms with Gasteiger partial charge in [0.2, 0.25) is 5.91 Å². The number of carbonyl (C=O) groups is 2. The molecule has 5 aliphatic rings. The van der Waals surface area contributed by atoms with Gasteiger partial charge in [-0.1, -0.05) is 27.7 Å². The predicted molar refractivity (Wildman–Crippen MR) is 264 cm³/mol. The Hall–Kier alpha value is -6.47. The van der Waals surface area contributed by atoms with E-state index >= 15 is 0 Å². The van der Waals surface area contributed by atoms with E-state index in [0.717, 1.165) is 92.3 Å². The Balaban J connectivity index is 0.785. The molecule has 4 aliphatic heterocycles. The van der Waals surface area contributed by atoms with Crippen LogP contribution >= 0.6 is 0 Å². The molecule has 3 fully saturated rings. The first-order chi connectivity index (χ1) is 33.5. The second kappa shape index (κ2) is 18.4. The summed E-state index contributed by atoms with van der Waals surface area (Å²) >= 11 is 0. The van der Waals surface area contributed by atoms with Gasteiger partial charge in [0.15, 0.2) is 5.82 Å². The fraction of sp³-hybridized carbons (Fsp3) is 0.500. The van der Waals surface area contributed by atoms with E-state index in [-0.39, 0.29) is 46.4 Å². The first-order valence-corrected chi connectivity index (χ1v) is 24.8. The number of carbonyl (C=O) groups excluding carboxylic acids is 2. The Morgan fingerprint density at radius 2 is 1.67 bits per heavy atom. The van der Waals surface area contributed by atoms with Gasteiger partial charge in [-0.05, 0) is 91.8 Å². The highest BCUT2D eigenvalue weighted by molar-refractivity contribution is 5.95. The largest absolute Gasteiger partial charge is 0.495 e. The van der Waals surface area contributed by atoms with Gasteiger partial charge in [-0.25, -0.2) is 8.78 Å². The average Bonchev–Trinajstić information content (AvgIpc) is 4.13. The van der Waals surface area contributed by atoms with Crippen molar-refractivity contribution in [3.63, 3.8) is 0 Å². The number of alkyl halides is 2. The molecule has 1 aliphatic carbocycles. The third kappa shape index (κ3) is 8.43. The number of nitriles is 1. The standard InChI is InChI=1S/C54H64F2N10O4/c1-33(67)63-24-19-45-44(32-63)49(65-20-8-9-35-25-42(37-29-58-61(6)30-37)43(48(55)56)27-46(35)65)60-66(45)39-16-21-62(22-17-39)40-18-23-64(31-40)38-13-10-34(11-14-38)50(68)59-51-53(2,3)52(54(51,4)5)70-41-15-12-36(28-57)47(26-41)69-7/h10-15,25-27,29-30,39-40,48,51-52H,8-9,16-24,31-32H2,1-7H3,(H,59,68)/t40-,51?,52?/m1/s1. The molecule has 1 N–H and O–H groups in total. The lowest BCUT2D eigenvalue weighted by Gasteiger charge is -2.63. The highest BCUT2D eigenvalue weighted by atomic mass is 19.3. The maximum Gasteiger partial charge on any atom is 0.264 e. The van der Waals surface area contributed by atoms with Crippen LogP contribution in [0, 0.1) is 22.2 Å². The molecule has 2 amide bonds. The van der Waals surface area contributed by atoms with E-state index < -0.39 is 6.43 Å². The summed E-state index contributed by atoms with van der Waals surface area (Å²) in [6, 6.07) is 19.4. The molecule has 1 atom stereocenters. The van der Waals surface area contributed by atoms with Gasteiger partial charge in [0.25, 0.3) is 12.3 Å². The van der Waals surface area contributed by atoms with E-state index in [1.165, 1.54) is 7.11 Å². The van der Waals surface area contributed by atoms with Crippen molar-refractivity contribution in [2.24, 2.45) is 17.9 Å². The molecular weight excluding hydrogens is 891 g/mol. The number of ether oxygens (including phenoxy) is 2. The molecule has 16 heteroatoms. The van der Waals surface area contributed by atoms with Gasteiger partial charge in [-0.3, -0.25) is 23.9 Å². The first kappa shape index (κ1) is 47.2. The molecule has 1 saturated carbocycles. The molecule has 2 aromatic heterocycles. The Kier molecular flexibility index (Phi) is 12.4. The number of halogens is 2. The number of nitrogens with one attached hydrogen (secondary N) is 1. The zero-order chi connectivity index (χ0) is 49.2. The van der Waals surface area contributed by atoms with Gasteiger partial charge in [0.1, 0.15) is 23.7 Å². The summed E-state index contributed by atoms with van der Waals surface area (Å²) in [6.07, 6.45) is 5.84. The third-order valence-corrected chi connectivity index (χ3v) is 16.1. The molecule has 0 bridgehead atoms. The topological polar surface area (TPSA) is 137 Å². The molecule has 0 unspecified atom stereocenters. The van der Waals surface area contributed by atoms with Crippen molar-refractivity contribution in [2.75, 3.05) is 56.2 Å². The molecule has 2 saturated heterocycles. The quantitative estimate of drug-likeness (QED) is 0.137. The Bertz CT molecular complexity index is 2820. The number of hydrogen-bond donors (Lipinski definition) is 1. The molecule has 6 heterocycles. The third-order valence-electron chi connectivity index (χ3n) is 16.1. The van der Waals surface area contributed by atoms with Gasteiger partial charge in [-0.2, -0.15) is 15.5 Å². The fourth-order valence-electron chi connectivity index (χ4n) is 12.7. The summed E-state index contributed by atoms with van der Waals surface area (Å²) in [6.45, 7) is 15.5. The van der Waals surface area contributed by atoms with Gasteiger partial charge < -0.3 is 29.5 Å². The van der Waals surface area contributed by atoms with Crippen molar-refractivity contribution in [1.82, 2.24) is 34.7 Å². The fourth-order valence-corrected chi connectivity index (χ4v) is 12.7. The summed E-state index contributed by atoms with van der Waals surface area (Å²) < 4.78 is 45.4. The Labute approximate surface area is 409 Å². The molecule has 10 rings (SSSR count). The van der Waals surface area contributed by atoms with Gasteiger partial charge in [0, 0.05) is 134 Å². The van der Waals surface area contributed by atoms with E-state index in [9.17, 15) is 23.6 Å². The number of methoxy groups -OCH3 is 1. The van der Waals surface area contributed by atoms with Crippen molar-refractivity contribution in [3.05, 3.63) is 101 Å². The number of benzene rings is 3. The van der Waals surface area contributed by atoms with E-state index in [1.54, 1.807) is 55.3 Å². The SMILES string of the molecule is COc1cc(OC2C(C)(C)C(NC(=O)c3ccc(N4CC[C@@H](N5CCC(n6nc(N7CCCc8cc(-c9cnn(C)c9)c(C(F)F)cc87)c7c6CCN(C(C)=O)C7)CC5)C4)cc3)C2(C)C)ccc1C#N. The van der Waals surface area contributed by atoms with Crippen molar-refractivity contribution in [3.8, 4) is 28.7 Å². The minimum absolute atomic E-state index is 0.0155. The number of fused-ring (bicyclic) bond motifs is 2. The summed E-state index contributed by atoms with van der Waals surface area (Å²) in [5.74, 6) is 1.78. The van der Waals surface area contributed by atoms with Crippen LogP contribution in [0.15, 0.2) is 67.0 Å². The van der Waals surface area contributed by atoms with Crippen LogP contribution in [0.2, 0.25) is 0 Å². The number of piperidine rings is 1. The monoisotopic (exact) mass is 955 g/mol. The van der Waals surface area contributed by atoms with Crippen LogP contribution in [-0.2, 0) is 31.2 Å². The minimum atomic E-state index is -2.66. The average molecular weight is 955 g/mol. The van der Waals surface area contributed by atoms with Gasteiger partial charge in [-0.15, -0.1) is 0 Å². The lowest BCUT2D eigenvalue weighted by Crippen LogP contribution is -2.74. The number of nitrogens with zero attached hydrogens (tertiary/aromatic N) is 9. The molecule has 70 heavy (non-hydrogen) atoms. The lowest BCUT2D eigenvalue weighted by atomic mass is 9.49. The molecule has 0 spiro atoms. The number of anilines is 3. The highest BCUT2D eigenvalue weighted by Gasteiger charge is 2.64. The van der Waals surface area contributed by atoms with Crippen molar-refractivity contribution >= 4 is 29.0 Å². The van der Waals surface area contributed by atoms with Crippen LogP contribution in [0.1, 0.15) is 111 Å².